The number of carboxylic acids is 1. The molecule has 1 spiro atoms. The van der Waals surface area contributed by atoms with Crippen LogP contribution in [-0.4, -0.2) is 65.9 Å². The van der Waals surface area contributed by atoms with Gasteiger partial charge in [-0.15, -0.1) is 0 Å². The lowest BCUT2D eigenvalue weighted by Crippen LogP contribution is -2.41. The van der Waals surface area contributed by atoms with Gasteiger partial charge in [0.15, 0.2) is 0 Å². The minimum Gasteiger partial charge on any atom is -0.480 e. The van der Waals surface area contributed by atoms with Gasteiger partial charge in [0.25, 0.3) is 5.91 Å². The van der Waals surface area contributed by atoms with E-state index in [1.54, 1.807) is 18.2 Å². The van der Waals surface area contributed by atoms with Gasteiger partial charge in [-0.1, -0.05) is 29.8 Å². The van der Waals surface area contributed by atoms with Crippen LogP contribution in [0.25, 0.3) is 11.1 Å². The molecule has 2 aromatic carbocycles. The van der Waals surface area contributed by atoms with Crippen LogP contribution in [0.3, 0.4) is 0 Å². The average Bonchev–Trinajstić information content (AvgIpc) is 3.39. The van der Waals surface area contributed by atoms with Crippen LogP contribution in [0.4, 0.5) is 24.9 Å². The minimum atomic E-state index is -4.87. The van der Waals surface area contributed by atoms with Gasteiger partial charge in [0.2, 0.25) is 17.9 Å². The Hall–Kier alpha value is -4.10. The van der Waals surface area contributed by atoms with Crippen molar-refractivity contribution < 1.29 is 32.6 Å². The van der Waals surface area contributed by atoms with Crippen molar-refractivity contribution in [2.24, 2.45) is 5.41 Å². The standard InChI is InChI=1S/C29H30ClF3N6O4/c1-35-25(40)17-4-2-3-16(11-17)20-12-18(30)5-6-19(20)24(29(31,32)33)43-23-13-22(37-27(34)38-23)39-9-7-28(8-10-39)14-21(26(41)42)36-15-28/h2-6,11-13,21,24,36H,7-10,14-15H2,1H3,(H,35,40)(H,41,42)(H2,34,37,38)/t21?,24-/m1/s1. The number of ether oxygens (including phenoxy) is 1. The first kappa shape index (κ1) is 30.4. The van der Waals surface area contributed by atoms with Gasteiger partial charge in [-0.25, -0.2) is 0 Å². The lowest BCUT2D eigenvalue weighted by Gasteiger charge is -2.39. The highest BCUT2D eigenvalue weighted by molar-refractivity contribution is 6.30. The number of carbonyl (C=O) groups is 2. The Kier molecular flexibility index (Phi) is 8.39. The molecule has 2 atom stereocenters. The number of aliphatic carboxylic acids is 1. The topological polar surface area (TPSA) is 143 Å². The molecule has 0 bridgehead atoms. The molecular weight excluding hydrogens is 589 g/mol. The number of amides is 1. The number of benzene rings is 2. The van der Waals surface area contributed by atoms with Crippen molar-refractivity contribution in [3.8, 4) is 17.0 Å². The fraction of sp³-hybridized carbons (Fsp3) is 0.379. The summed E-state index contributed by atoms with van der Waals surface area (Å²) in [6.45, 7) is 1.60. The Morgan fingerprint density at radius 3 is 2.58 bits per heavy atom. The quantitative estimate of drug-likeness (QED) is 0.302. The molecule has 0 radical (unpaired) electrons. The van der Waals surface area contributed by atoms with Gasteiger partial charge in [0.05, 0.1) is 0 Å². The number of nitrogens with one attached hydrogen (secondary N) is 2. The molecule has 2 fully saturated rings. The average molecular weight is 619 g/mol. The molecule has 1 unspecified atom stereocenters. The van der Waals surface area contributed by atoms with E-state index in [0.29, 0.717) is 50.3 Å². The Balaban J connectivity index is 1.43. The van der Waals surface area contributed by atoms with Crippen LogP contribution in [0.15, 0.2) is 48.5 Å². The van der Waals surface area contributed by atoms with E-state index in [1.807, 2.05) is 4.90 Å². The Bertz CT molecular complexity index is 1530. The molecule has 1 aromatic heterocycles. The number of nitrogens with two attached hydrogens (primary N) is 1. The van der Waals surface area contributed by atoms with Crippen molar-refractivity contribution in [3.05, 3.63) is 64.7 Å². The normalized spacial score (nSPS) is 18.8. The summed E-state index contributed by atoms with van der Waals surface area (Å²) in [4.78, 5) is 33.6. The Labute approximate surface area is 250 Å². The van der Waals surface area contributed by atoms with Crippen LogP contribution in [-0.2, 0) is 4.79 Å². The van der Waals surface area contributed by atoms with Gasteiger partial charge in [-0.3, -0.25) is 9.59 Å². The van der Waals surface area contributed by atoms with E-state index in [1.165, 1.54) is 37.4 Å². The fourth-order valence-corrected chi connectivity index (χ4v) is 5.91. The summed E-state index contributed by atoms with van der Waals surface area (Å²) in [5.74, 6) is -1.58. The maximum absolute atomic E-state index is 14.6. The minimum absolute atomic E-state index is 0.133. The summed E-state index contributed by atoms with van der Waals surface area (Å²) in [7, 11) is 1.46. The van der Waals surface area contributed by atoms with Gasteiger partial charge in [-0.2, -0.15) is 23.1 Å². The van der Waals surface area contributed by atoms with Crippen LogP contribution in [0.1, 0.15) is 41.3 Å². The summed E-state index contributed by atoms with van der Waals surface area (Å²) < 4.78 is 49.4. The molecule has 5 rings (SSSR count). The number of aromatic nitrogens is 2. The molecule has 2 saturated heterocycles. The molecule has 0 saturated carbocycles. The maximum atomic E-state index is 14.6. The molecule has 3 heterocycles. The monoisotopic (exact) mass is 618 g/mol. The third-order valence-corrected chi connectivity index (χ3v) is 8.24. The Morgan fingerprint density at radius 2 is 1.93 bits per heavy atom. The number of anilines is 2. The van der Waals surface area contributed by atoms with Crippen molar-refractivity contribution in [2.45, 2.75) is 37.6 Å². The predicted octanol–water partition coefficient (Wildman–Crippen LogP) is 4.45. The van der Waals surface area contributed by atoms with E-state index in [-0.39, 0.29) is 39.0 Å². The van der Waals surface area contributed by atoms with Gasteiger partial charge in [-0.05, 0) is 60.1 Å². The number of halogens is 4. The first-order valence-corrected chi connectivity index (χ1v) is 14.0. The van der Waals surface area contributed by atoms with E-state index < -0.39 is 30.2 Å². The number of piperidine rings is 1. The summed E-state index contributed by atoms with van der Waals surface area (Å²) >= 11 is 6.19. The van der Waals surface area contributed by atoms with Crippen LogP contribution in [0.2, 0.25) is 5.02 Å². The molecule has 43 heavy (non-hydrogen) atoms. The highest BCUT2D eigenvalue weighted by Crippen LogP contribution is 2.43. The van der Waals surface area contributed by atoms with Crippen LogP contribution in [0.5, 0.6) is 5.88 Å². The number of alkyl halides is 3. The molecule has 5 N–H and O–H groups in total. The highest BCUT2D eigenvalue weighted by atomic mass is 35.5. The third kappa shape index (κ3) is 6.62. The first-order valence-electron chi connectivity index (χ1n) is 13.6. The molecule has 2 aliphatic rings. The van der Waals surface area contributed by atoms with Gasteiger partial charge < -0.3 is 31.1 Å². The Morgan fingerprint density at radius 1 is 1.19 bits per heavy atom. The smallest absolute Gasteiger partial charge is 0.429 e. The zero-order valence-electron chi connectivity index (χ0n) is 23.1. The zero-order valence-corrected chi connectivity index (χ0v) is 23.9. The van der Waals surface area contributed by atoms with E-state index in [2.05, 4.69) is 20.6 Å². The largest absolute Gasteiger partial charge is 0.480 e. The SMILES string of the molecule is CNC(=O)c1cccc(-c2cc(Cl)ccc2[C@@H](Oc2cc(N3CCC4(CC3)CNC(C(=O)O)C4)nc(N)n2)C(F)(F)F)c1. The van der Waals surface area contributed by atoms with Crippen molar-refractivity contribution in [2.75, 3.05) is 37.3 Å². The molecule has 2 aliphatic heterocycles. The van der Waals surface area contributed by atoms with Gasteiger partial charge in [0, 0.05) is 48.9 Å². The number of carbonyl (C=O) groups excluding carboxylic acids is 1. The molecule has 3 aromatic rings. The number of nitrogen functional groups attached to an aromatic ring is 1. The highest BCUT2D eigenvalue weighted by Gasteiger charge is 2.46. The molecule has 10 nitrogen and oxygen atoms in total. The van der Waals surface area contributed by atoms with Crippen LogP contribution < -0.4 is 26.0 Å². The molecule has 0 aliphatic carbocycles. The third-order valence-electron chi connectivity index (χ3n) is 8.01. The molecule has 228 valence electrons. The second-order valence-electron chi connectivity index (χ2n) is 10.8. The van der Waals surface area contributed by atoms with Crippen LogP contribution >= 0.6 is 11.6 Å². The molecule has 14 heteroatoms. The van der Waals surface area contributed by atoms with E-state index in [4.69, 9.17) is 22.1 Å². The van der Waals surface area contributed by atoms with Gasteiger partial charge in [0.1, 0.15) is 11.9 Å². The van der Waals surface area contributed by atoms with Gasteiger partial charge >= 0.3 is 12.1 Å². The lowest BCUT2D eigenvalue weighted by atomic mass is 9.76. The second-order valence-corrected chi connectivity index (χ2v) is 11.3. The number of hydrogen-bond donors (Lipinski definition) is 4. The van der Waals surface area contributed by atoms with E-state index in [0.717, 1.165) is 0 Å². The molecular formula is C29H30ClF3N6O4. The summed E-state index contributed by atoms with van der Waals surface area (Å²) in [5, 5.41) is 15.1. The predicted molar refractivity (Wildman–Crippen MR) is 154 cm³/mol. The summed E-state index contributed by atoms with van der Waals surface area (Å²) in [6.07, 6.45) is -5.45. The summed E-state index contributed by atoms with van der Waals surface area (Å²) in [6, 6.07) is 10.9. The van der Waals surface area contributed by atoms with Crippen molar-refractivity contribution >= 4 is 35.2 Å². The summed E-state index contributed by atoms with van der Waals surface area (Å²) in [5.41, 5.74) is 6.25. The fourth-order valence-electron chi connectivity index (χ4n) is 5.74. The van der Waals surface area contributed by atoms with Crippen molar-refractivity contribution in [1.82, 2.24) is 20.6 Å². The second kappa shape index (κ2) is 11.9. The van der Waals surface area contributed by atoms with Crippen molar-refractivity contribution in [3.63, 3.8) is 0 Å². The van der Waals surface area contributed by atoms with E-state index >= 15 is 0 Å². The number of hydrogen-bond acceptors (Lipinski definition) is 8. The maximum Gasteiger partial charge on any atom is 0.429 e. The van der Waals surface area contributed by atoms with E-state index in [9.17, 15) is 27.9 Å². The number of nitrogens with zero attached hydrogens (tertiary/aromatic N) is 3. The number of carboxylic acid groups (broad SMARTS) is 1. The molecule has 1 amide bonds. The first-order chi connectivity index (χ1) is 20.4. The zero-order chi connectivity index (χ0) is 30.9. The van der Waals surface area contributed by atoms with Crippen molar-refractivity contribution in [1.29, 1.82) is 0 Å². The van der Waals surface area contributed by atoms with Crippen LogP contribution in [0, 0.1) is 5.41 Å². The lowest BCUT2D eigenvalue weighted by molar-refractivity contribution is -0.198. The number of rotatable bonds is 7.